The zero-order valence-electron chi connectivity index (χ0n) is 16.0. The Hall–Kier alpha value is -1.99. The summed E-state index contributed by atoms with van der Waals surface area (Å²) in [6, 6.07) is 12.5. The van der Waals surface area contributed by atoms with Gasteiger partial charge >= 0.3 is 0 Å². The van der Waals surface area contributed by atoms with Crippen molar-refractivity contribution in [3.63, 3.8) is 0 Å². The largest absolute Gasteiger partial charge is 0.388 e. The standard InChI is InChI=1S/C21H26ClN3O3/c1-24(12-9-18-4-2-3-11-23-18)15-21(28)10-13-25(14-19(21)26)20(27)16-5-7-17(22)8-6-16/h2-8,11,19,26,28H,9-10,12-15H2,1H3/t19-,21-/m0/s1. The molecule has 7 heteroatoms. The van der Waals surface area contributed by atoms with Gasteiger partial charge in [0.05, 0.1) is 0 Å². The number of piperidine rings is 1. The lowest BCUT2D eigenvalue weighted by Gasteiger charge is -2.43. The van der Waals surface area contributed by atoms with Crippen LogP contribution in [0.15, 0.2) is 48.7 Å². The topological polar surface area (TPSA) is 76.9 Å². The lowest BCUT2D eigenvalue weighted by molar-refractivity contribution is -0.123. The highest BCUT2D eigenvalue weighted by atomic mass is 35.5. The SMILES string of the molecule is CN(CCc1ccccn1)C[C@@]1(O)CCN(C(=O)c2ccc(Cl)cc2)C[C@@H]1O. The molecule has 1 aliphatic rings. The lowest BCUT2D eigenvalue weighted by atomic mass is 9.87. The van der Waals surface area contributed by atoms with Crippen LogP contribution in [0.4, 0.5) is 0 Å². The highest BCUT2D eigenvalue weighted by molar-refractivity contribution is 6.30. The molecule has 0 saturated carbocycles. The first-order valence-corrected chi connectivity index (χ1v) is 9.79. The van der Waals surface area contributed by atoms with Gasteiger partial charge in [-0.25, -0.2) is 0 Å². The van der Waals surface area contributed by atoms with Crippen molar-refractivity contribution in [2.24, 2.45) is 0 Å². The van der Waals surface area contributed by atoms with Gasteiger partial charge in [0.15, 0.2) is 0 Å². The van der Waals surface area contributed by atoms with E-state index in [1.54, 1.807) is 35.4 Å². The number of aliphatic hydroxyl groups is 2. The van der Waals surface area contributed by atoms with Crippen LogP contribution in [0, 0.1) is 0 Å². The van der Waals surface area contributed by atoms with Gasteiger partial charge < -0.3 is 20.0 Å². The van der Waals surface area contributed by atoms with Crippen molar-refractivity contribution >= 4 is 17.5 Å². The summed E-state index contributed by atoms with van der Waals surface area (Å²) >= 11 is 5.87. The van der Waals surface area contributed by atoms with Crippen LogP contribution >= 0.6 is 11.6 Å². The first-order valence-electron chi connectivity index (χ1n) is 9.41. The van der Waals surface area contributed by atoms with E-state index in [9.17, 15) is 15.0 Å². The van der Waals surface area contributed by atoms with Crippen molar-refractivity contribution in [1.29, 1.82) is 0 Å². The minimum absolute atomic E-state index is 0.103. The Kier molecular flexibility index (Phi) is 6.67. The molecule has 150 valence electrons. The number of nitrogens with zero attached hydrogens (tertiary/aromatic N) is 3. The van der Waals surface area contributed by atoms with E-state index in [0.717, 1.165) is 18.7 Å². The third-order valence-corrected chi connectivity index (χ3v) is 5.48. The zero-order valence-corrected chi connectivity index (χ0v) is 16.7. The van der Waals surface area contributed by atoms with Crippen LogP contribution in [0.1, 0.15) is 22.5 Å². The average Bonchev–Trinajstić information content (AvgIpc) is 2.69. The molecule has 0 unspecified atom stereocenters. The lowest BCUT2D eigenvalue weighted by Crippen LogP contribution is -2.60. The molecule has 2 heterocycles. The molecule has 3 rings (SSSR count). The molecule has 2 aromatic rings. The number of amides is 1. The molecule has 2 atom stereocenters. The summed E-state index contributed by atoms with van der Waals surface area (Å²) in [4.78, 5) is 20.5. The van der Waals surface area contributed by atoms with Crippen molar-refractivity contribution in [3.05, 3.63) is 64.9 Å². The number of aliphatic hydroxyl groups excluding tert-OH is 1. The first kappa shape index (κ1) is 20.7. The minimum atomic E-state index is -1.24. The molecular weight excluding hydrogens is 378 g/mol. The number of pyridine rings is 1. The maximum atomic E-state index is 12.6. The van der Waals surface area contributed by atoms with Crippen molar-refractivity contribution < 1.29 is 15.0 Å². The molecule has 1 amide bonds. The Morgan fingerprint density at radius 1 is 1.32 bits per heavy atom. The summed E-state index contributed by atoms with van der Waals surface area (Å²) in [5, 5.41) is 22.1. The number of likely N-dealkylation sites (N-methyl/N-ethyl adjacent to an activating group) is 1. The predicted octanol–water partition coefficient (Wildman–Crippen LogP) is 1.85. The van der Waals surface area contributed by atoms with Crippen LogP contribution < -0.4 is 0 Å². The summed E-state index contributed by atoms with van der Waals surface area (Å²) in [5.74, 6) is -0.165. The molecule has 1 aromatic heterocycles. The first-order chi connectivity index (χ1) is 13.4. The maximum absolute atomic E-state index is 12.6. The monoisotopic (exact) mass is 403 g/mol. The van der Waals surface area contributed by atoms with Gasteiger partial charge in [-0.05, 0) is 49.9 Å². The number of benzene rings is 1. The Morgan fingerprint density at radius 2 is 2.07 bits per heavy atom. The third-order valence-electron chi connectivity index (χ3n) is 5.23. The second-order valence-electron chi connectivity index (χ2n) is 7.44. The van der Waals surface area contributed by atoms with E-state index >= 15 is 0 Å². The number of aromatic nitrogens is 1. The highest BCUT2D eigenvalue weighted by Gasteiger charge is 2.42. The molecule has 6 nitrogen and oxygen atoms in total. The fourth-order valence-electron chi connectivity index (χ4n) is 3.51. The van der Waals surface area contributed by atoms with Gasteiger partial charge in [0, 0.05) is 55.1 Å². The maximum Gasteiger partial charge on any atom is 0.253 e. The highest BCUT2D eigenvalue weighted by Crippen LogP contribution is 2.25. The van der Waals surface area contributed by atoms with E-state index in [-0.39, 0.29) is 12.5 Å². The van der Waals surface area contributed by atoms with E-state index in [1.807, 2.05) is 30.1 Å². The van der Waals surface area contributed by atoms with E-state index < -0.39 is 11.7 Å². The number of β-amino-alcohol motifs (C(OH)–C–C–N with tert-alkyl or cyclic N) is 1. The summed E-state index contributed by atoms with van der Waals surface area (Å²) < 4.78 is 0. The minimum Gasteiger partial charge on any atom is -0.388 e. The summed E-state index contributed by atoms with van der Waals surface area (Å²) in [7, 11) is 1.92. The van der Waals surface area contributed by atoms with Gasteiger partial charge in [0.1, 0.15) is 11.7 Å². The number of hydrogen-bond donors (Lipinski definition) is 2. The van der Waals surface area contributed by atoms with Crippen LogP contribution in [0.3, 0.4) is 0 Å². The Bertz CT molecular complexity index is 787. The predicted molar refractivity (Wildman–Crippen MR) is 108 cm³/mol. The van der Waals surface area contributed by atoms with Crippen LogP contribution in [0.2, 0.25) is 5.02 Å². The summed E-state index contributed by atoms with van der Waals surface area (Å²) in [5.41, 5.74) is 0.273. The second-order valence-corrected chi connectivity index (χ2v) is 7.87. The number of rotatable bonds is 6. The zero-order chi connectivity index (χ0) is 20.1. The number of carbonyl (C=O) groups is 1. The van der Waals surface area contributed by atoms with Crippen LogP contribution in [-0.2, 0) is 6.42 Å². The second kappa shape index (κ2) is 9.01. The Morgan fingerprint density at radius 3 is 2.71 bits per heavy atom. The van der Waals surface area contributed by atoms with Crippen LogP contribution in [0.5, 0.6) is 0 Å². The Balaban J connectivity index is 1.54. The molecule has 1 fully saturated rings. The molecule has 1 saturated heterocycles. The van der Waals surface area contributed by atoms with Crippen molar-refractivity contribution in [3.8, 4) is 0 Å². The molecule has 1 aliphatic heterocycles. The van der Waals surface area contributed by atoms with Crippen LogP contribution in [-0.4, -0.2) is 75.8 Å². The van der Waals surface area contributed by atoms with Gasteiger partial charge in [-0.1, -0.05) is 17.7 Å². The fraction of sp³-hybridized carbons (Fsp3) is 0.429. The van der Waals surface area contributed by atoms with Gasteiger partial charge in [-0.3, -0.25) is 9.78 Å². The van der Waals surface area contributed by atoms with Gasteiger partial charge in [-0.2, -0.15) is 0 Å². The quantitative estimate of drug-likeness (QED) is 0.769. The molecule has 0 bridgehead atoms. The number of carbonyl (C=O) groups excluding carboxylic acids is 1. The van der Waals surface area contributed by atoms with Gasteiger partial charge in [0.25, 0.3) is 5.91 Å². The number of halogens is 1. The molecule has 2 N–H and O–H groups in total. The number of likely N-dealkylation sites (tertiary alicyclic amines) is 1. The van der Waals surface area contributed by atoms with Gasteiger partial charge in [-0.15, -0.1) is 0 Å². The Labute approximate surface area is 170 Å². The number of hydrogen-bond acceptors (Lipinski definition) is 5. The summed E-state index contributed by atoms with van der Waals surface area (Å²) in [6.45, 7) is 1.55. The molecule has 1 aromatic carbocycles. The summed E-state index contributed by atoms with van der Waals surface area (Å²) in [6.07, 6.45) is 1.85. The molecule has 0 radical (unpaired) electrons. The normalized spacial score (nSPS) is 22.5. The smallest absolute Gasteiger partial charge is 0.253 e. The van der Waals surface area contributed by atoms with Gasteiger partial charge in [0.2, 0.25) is 0 Å². The third kappa shape index (κ3) is 5.08. The molecule has 28 heavy (non-hydrogen) atoms. The molecule has 0 spiro atoms. The van der Waals surface area contributed by atoms with E-state index in [0.29, 0.717) is 30.1 Å². The van der Waals surface area contributed by atoms with Crippen molar-refractivity contribution in [1.82, 2.24) is 14.8 Å². The van der Waals surface area contributed by atoms with Crippen LogP contribution in [0.25, 0.3) is 0 Å². The van der Waals surface area contributed by atoms with E-state index in [1.165, 1.54) is 0 Å². The molecular formula is C21H26ClN3O3. The molecule has 0 aliphatic carbocycles. The van der Waals surface area contributed by atoms with E-state index in [2.05, 4.69) is 4.98 Å². The van der Waals surface area contributed by atoms with E-state index in [4.69, 9.17) is 11.6 Å². The fourth-order valence-corrected chi connectivity index (χ4v) is 3.63. The average molecular weight is 404 g/mol. The van der Waals surface area contributed by atoms with Crippen molar-refractivity contribution in [2.75, 3.05) is 33.2 Å². The van der Waals surface area contributed by atoms with Crippen molar-refractivity contribution in [2.45, 2.75) is 24.5 Å².